The van der Waals surface area contributed by atoms with Gasteiger partial charge in [-0.15, -0.1) is 0 Å². The molecular weight excluding hydrogens is 304 g/mol. The van der Waals surface area contributed by atoms with E-state index in [9.17, 15) is 4.79 Å². The molecule has 1 heterocycles. The van der Waals surface area contributed by atoms with Gasteiger partial charge in [0.05, 0.1) is 14.2 Å². The highest BCUT2D eigenvalue weighted by atomic mass is 16.5. The number of ether oxygens (including phenoxy) is 2. The summed E-state index contributed by atoms with van der Waals surface area (Å²) in [5, 5.41) is 3.01. The first-order chi connectivity index (χ1) is 11.6. The minimum Gasteiger partial charge on any atom is -0.493 e. The SMILES string of the molecule is COc1ccc(C(CNC(=O)c2ccncc2)C(C)C)cc1OC. The van der Waals surface area contributed by atoms with E-state index in [-0.39, 0.29) is 11.8 Å². The van der Waals surface area contributed by atoms with E-state index < -0.39 is 0 Å². The van der Waals surface area contributed by atoms with Crippen molar-refractivity contribution in [1.29, 1.82) is 0 Å². The van der Waals surface area contributed by atoms with E-state index in [1.165, 1.54) is 0 Å². The Kier molecular flexibility index (Phi) is 6.18. The van der Waals surface area contributed by atoms with Crippen LogP contribution in [0.2, 0.25) is 0 Å². The van der Waals surface area contributed by atoms with Gasteiger partial charge in [-0.05, 0) is 35.7 Å². The number of nitrogens with zero attached hydrogens (tertiary/aromatic N) is 1. The van der Waals surface area contributed by atoms with Crippen molar-refractivity contribution < 1.29 is 14.3 Å². The average Bonchev–Trinajstić information content (AvgIpc) is 2.61. The van der Waals surface area contributed by atoms with Gasteiger partial charge >= 0.3 is 0 Å². The van der Waals surface area contributed by atoms with Crippen molar-refractivity contribution in [2.45, 2.75) is 19.8 Å². The van der Waals surface area contributed by atoms with Gasteiger partial charge in [0.15, 0.2) is 11.5 Å². The quantitative estimate of drug-likeness (QED) is 0.847. The molecule has 0 radical (unpaired) electrons. The van der Waals surface area contributed by atoms with E-state index in [1.807, 2.05) is 18.2 Å². The van der Waals surface area contributed by atoms with Crippen LogP contribution in [0, 0.1) is 5.92 Å². The second-order valence-electron chi connectivity index (χ2n) is 5.91. The van der Waals surface area contributed by atoms with Crippen LogP contribution in [0.1, 0.15) is 35.7 Å². The number of benzene rings is 1. The van der Waals surface area contributed by atoms with Crippen LogP contribution in [-0.2, 0) is 0 Å². The van der Waals surface area contributed by atoms with Crippen LogP contribution in [0.15, 0.2) is 42.7 Å². The number of hydrogen-bond acceptors (Lipinski definition) is 4. The first kappa shape index (κ1) is 17.8. The van der Waals surface area contributed by atoms with Crippen LogP contribution in [0.5, 0.6) is 11.5 Å². The summed E-state index contributed by atoms with van der Waals surface area (Å²) in [6, 6.07) is 9.30. The number of methoxy groups -OCH3 is 2. The summed E-state index contributed by atoms with van der Waals surface area (Å²) < 4.78 is 10.7. The molecule has 0 bridgehead atoms. The molecule has 5 nitrogen and oxygen atoms in total. The summed E-state index contributed by atoms with van der Waals surface area (Å²) in [5.41, 5.74) is 1.72. The van der Waals surface area contributed by atoms with Gasteiger partial charge in [-0.1, -0.05) is 19.9 Å². The maximum Gasteiger partial charge on any atom is 0.251 e. The van der Waals surface area contributed by atoms with Crippen molar-refractivity contribution in [2.75, 3.05) is 20.8 Å². The topological polar surface area (TPSA) is 60.5 Å². The Balaban J connectivity index is 2.14. The fraction of sp³-hybridized carbons (Fsp3) is 0.368. The zero-order chi connectivity index (χ0) is 17.5. The lowest BCUT2D eigenvalue weighted by Gasteiger charge is -2.23. The zero-order valence-corrected chi connectivity index (χ0v) is 14.6. The van der Waals surface area contributed by atoms with Crippen LogP contribution < -0.4 is 14.8 Å². The molecule has 0 saturated heterocycles. The molecule has 2 aromatic rings. The standard InChI is InChI=1S/C19H24N2O3/c1-13(2)16(12-21-19(22)14-7-9-20-10-8-14)15-5-6-17(23-3)18(11-15)24-4/h5-11,13,16H,12H2,1-4H3,(H,21,22). The smallest absolute Gasteiger partial charge is 0.251 e. The largest absolute Gasteiger partial charge is 0.493 e. The number of hydrogen-bond donors (Lipinski definition) is 1. The van der Waals surface area contributed by atoms with Crippen molar-refractivity contribution >= 4 is 5.91 Å². The monoisotopic (exact) mass is 328 g/mol. The number of pyridine rings is 1. The third kappa shape index (κ3) is 4.25. The Morgan fingerprint density at radius 3 is 2.33 bits per heavy atom. The molecular formula is C19H24N2O3. The number of carbonyl (C=O) groups is 1. The molecule has 1 unspecified atom stereocenters. The molecule has 0 aliphatic carbocycles. The van der Waals surface area contributed by atoms with E-state index in [1.54, 1.807) is 38.7 Å². The predicted molar refractivity (Wildman–Crippen MR) is 93.7 cm³/mol. The lowest BCUT2D eigenvalue weighted by atomic mass is 9.88. The van der Waals surface area contributed by atoms with E-state index in [2.05, 4.69) is 24.1 Å². The average molecular weight is 328 g/mol. The molecule has 0 fully saturated rings. The second-order valence-corrected chi connectivity index (χ2v) is 5.91. The third-order valence-corrected chi connectivity index (χ3v) is 4.07. The van der Waals surface area contributed by atoms with Crippen molar-refractivity contribution in [3.8, 4) is 11.5 Å². The zero-order valence-electron chi connectivity index (χ0n) is 14.6. The highest BCUT2D eigenvalue weighted by Gasteiger charge is 2.19. The fourth-order valence-electron chi connectivity index (χ4n) is 2.63. The van der Waals surface area contributed by atoms with Crippen LogP contribution in [0.4, 0.5) is 0 Å². The number of carbonyl (C=O) groups excluding carboxylic acids is 1. The van der Waals surface area contributed by atoms with Crippen molar-refractivity contribution in [3.63, 3.8) is 0 Å². The van der Waals surface area contributed by atoms with Crippen LogP contribution in [0.3, 0.4) is 0 Å². The Morgan fingerprint density at radius 2 is 1.75 bits per heavy atom. The molecule has 0 aliphatic heterocycles. The fourth-order valence-corrected chi connectivity index (χ4v) is 2.63. The molecule has 0 spiro atoms. The Hall–Kier alpha value is -2.56. The van der Waals surface area contributed by atoms with Crippen LogP contribution >= 0.6 is 0 Å². The molecule has 2 rings (SSSR count). The molecule has 1 aromatic heterocycles. The lowest BCUT2D eigenvalue weighted by molar-refractivity contribution is 0.0949. The normalized spacial score (nSPS) is 11.9. The number of nitrogens with one attached hydrogen (secondary N) is 1. The summed E-state index contributed by atoms with van der Waals surface area (Å²) >= 11 is 0. The third-order valence-electron chi connectivity index (χ3n) is 4.07. The Morgan fingerprint density at radius 1 is 1.08 bits per heavy atom. The van der Waals surface area contributed by atoms with Crippen molar-refractivity contribution in [3.05, 3.63) is 53.9 Å². The summed E-state index contributed by atoms with van der Waals surface area (Å²) in [5.74, 6) is 1.84. The van der Waals surface area contributed by atoms with Crippen molar-refractivity contribution in [2.24, 2.45) is 5.92 Å². The summed E-state index contributed by atoms with van der Waals surface area (Å²) in [6.07, 6.45) is 3.23. The molecule has 128 valence electrons. The first-order valence-corrected chi connectivity index (χ1v) is 7.97. The van der Waals surface area contributed by atoms with Gasteiger partial charge in [-0.2, -0.15) is 0 Å². The number of aromatic nitrogens is 1. The Bertz CT molecular complexity index is 672. The molecule has 1 N–H and O–H groups in total. The van der Waals surface area contributed by atoms with Gasteiger partial charge in [0.2, 0.25) is 0 Å². The van der Waals surface area contributed by atoms with Crippen LogP contribution in [-0.4, -0.2) is 31.7 Å². The van der Waals surface area contributed by atoms with Gasteiger partial charge in [0.1, 0.15) is 0 Å². The van der Waals surface area contributed by atoms with Gasteiger partial charge in [0.25, 0.3) is 5.91 Å². The highest BCUT2D eigenvalue weighted by molar-refractivity contribution is 5.93. The predicted octanol–water partition coefficient (Wildman–Crippen LogP) is 3.27. The molecule has 1 aromatic carbocycles. The summed E-state index contributed by atoms with van der Waals surface area (Å²) in [7, 11) is 3.24. The van der Waals surface area contributed by atoms with E-state index in [4.69, 9.17) is 9.47 Å². The molecule has 1 amide bonds. The van der Waals surface area contributed by atoms with Gasteiger partial charge in [0, 0.05) is 30.4 Å². The molecule has 0 saturated carbocycles. The van der Waals surface area contributed by atoms with E-state index in [0.717, 1.165) is 5.56 Å². The molecule has 1 atom stereocenters. The second kappa shape index (κ2) is 8.34. The Labute approximate surface area is 143 Å². The number of rotatable bonds is 7. The number of amides is 1. The van der Waals surface area contributed by atoms with Crippen LogP contribution in [0.25, 0.3) is 0 Å². The molecule has 0 aliphatic rings. The minimum absolute atomic E-state index is 0.0940. The highest BCUT2D eigenvalue weighted by Crippen LogP contribution is 2.33. The summed E-state index contributed by atoms with van der Waals surface area (Å²) in [6.45, 7) is 4.83. The maximum absolute atomic E-state index is 12.2. The minimum atomic E-state index is -0.0940. The van der Waals surface area contributed by atoms with Gasteiger partial charge in [-0.3, -0.25) is 9.78 Å². The maximum atomic E-state index is 12.2. The van der Waals surface area contributed by atoms with E-state index >= 15 is 0 Å². The van der Waals surface area contributed by atoms with Gasteiger partial charge < -0.3 is 14.8 Å². The first-order valence-electron chi connectivity index (χ1n) is 7.97. The van der Waals surface area contributed by atoms with E-state index in [0.29, 0.717) is 29.5 Å². The van der Waals surface area contributed by atoms with Crippen molar-refractivity contribution in [1.82, 2.24) is 10.3 Å². The summed E-state index contributed by atoms with van der Waals surface area (Å²) in [4.78, 5) is 16.2. The van der Waals surface area contributed by atoms with Gasteiger partial charge in [-0.25, -0.2) is 0 Å². The molecule has 24 heavy (non-hydrogen) atoms. The lowest BCUT2D eigenvalue weighted by Crippen LogP contribution is -2.30. The molecule has 5 heteroatoms.